The minimum Gasteiger partial charge on any atom is -0.309 e. The molecule has 10 rings (SSSR count). The second-order valence-electron chi connectivity index (χ2n) is 13.4. The van der Waals surface area contributed by atoms with E-state index in [1.807, 2.05) is 0 Å². The van der Waals surface area contributed by atoms with Crippen molar-refractivity contribution in [3.63, 3.8) is 0 Å². The maximum atomic E-state index is 2.48. The van der Waals surface area contributed by atoms with Gasteiger partial charge in [0.05, 0.1) is 17.1 Å². The highest BCUT2D eigenvalue weighted by atomic mass is 15.2. The summed E-state index contributed by atoms with van der Waals surface area (Å²) in [6, 6.07) is 74.9. The van der Waals surface area contributed by atoms with E-state index in [1.54, 1.807) is 0 Å². The Morgan fingerprint density at radius 3 is 1.33 bits per heavy atom. The fourth-order valence-corrected chi connectivity index (χ4v) is 7.98. The van der Waals surface area contributed by atoms with E-state index < -0.39 is 0 Å². The number of nitrogens with zero attached hydrogens (tertiary/aromatic N) is 2. The molecule has 0 aromatic heterocycles. The number of para-hydroxylation sites is 2. The van der Waals surface area contributed by atoms with Crippen LogP contribution in [0.1, 0.15) is 0 Å². The van der Waals surface area contributed by atoms with Crippen molar-refractivity contribution >= 4 is 88.0 Å². The average molecular weight is 663 g/mol. The molecule has 2 heteroatoms. The zero-order valence-corrected chi connectivity index (χ0v) is 28.5. The summed E-state index contributed by atoms with van der Waals surface area (Å²) >= 11 is 0. The molecule has 0 heterocycles. The van der Waals surface area contributed by atoms with Crippen LogP contribution in [0.4, 0.5) is 34.1 Å². The molecular formula is C50H34N2. The van der Waals surface area contributed by atoms with E-state index in [9.17, 15) is 0 Å². The Morgan fingerprint density at radius 2 is 0.692 bits per heavy atom. The van der Waals surface area contributed by atoms with Gasteiger partial charge in [0, 0.05) is 44.0 Å². The summed E-state index contributed by atoms with van der Waals surface area (Å²) in [7, 11) is 0. The zero-order chi connectivity index (χ0) is 34.4. The molecule has 10 aromatic rings. The van der Waals surface area contributed by atoms with Crippen LogP contribution in [0.25, 0.3) is 53.9 Å². The van der Waals surface area contributed by atoms with Crippen molar-refractivity contribution in [1.29, 1.82) is 0 Å². The molecule has 0 radical (unpaired) electrons. The van der Waals surface area contributed by atoms with Crippen molar-refractivity contribution in [1.82, 2.24) is 0 Å². The number of anilines is 6. The molecule has 244 valence electrons. The Bertz CT molecular complexity index is 2910. The quantitative estimate of drug-likeness (QED) is 0.164. The summed E-state index contributed by atoms with van der Waals surface area (Å²) in [6.07, 6.45) is 0. The first-order valence-corrected chi connectivity index (χ1v) is 17.9. The third-order valence-electron chi connectivity index (χ3n) is 10.3. The Kier molecular flexibility index (Phi) is 7.18. The number of hydrogen-bond acceptors (Lipinski definition) is 2. The van der Waals surface area contributed by atoms with Crippen molar-refractivity contribution in [3.05, 3.63) is 206 Å². The van der Waals surface area contributed by atoms with Crippen LogP contribution < -0.4 is 9.80 Å². The molecule has 52 heavy (non-hydrogen) atoms. The van der Waals surface area contributed by atoms with Crippen LogP contribution in [0.5, 0.6) is 0 Å². The summed E-state index contributed by atoms with van der Waals surface area (Å²) in [5.41, 5.74) is 6.80. The Morgan fingerprint density at radius 1 is 0.231 bits per heavy atom. The Labute approximate surface area is 303 Å². The Balaban J connectivity index is 1.38. The number of rotatable bonds is 6. The van der Waals surface area contributed by atoms with Gasteiger partial charge in [0.15, 0.2) is 0 Å². The molecule has 2 nitrogen and oxygen atoms in total. The fourth-order valence-electron chi connectivity index (χ4n) is 7.98. The van der Waals surface area contributed by atoms with Crippen molar-refractivity contribution in [2.75, 3.05) is 9.80 Å². The van der Waals surface area contributed by atoms with Gasteiger partial charge in [0.2, 0.25) is 0 Å². The summed E-state index contributed by atoms with van der Waals surface area (Å²) < 4.78 is 0. The minimum atomic E-state index is 1.11. The van der Waals surface area contributed by atoms with Crippen LogP contribution in [0.15, 0.2) is 206 Å². The summed E-state index contributed by atoms with van der Waals surface area (Å²) in [5.74, 6) is 0. The molecule has 0 aliphatic rings. The maximum Gasteiger partial charge on any atom is 0.0619 e. The lowest BCUT2D eigenvalue weighted by Gasteiger charge is -2.32. The number of benzene rings is 10. The van der Waals surface area contributed by atoms with Crippen LogP contribution in [-0.4, -0.2) is 0 Å². The van der Waals surface area contributed by atoms with E-state index in [1.165, 1.54) is 53.9 Å². The van der Waals surface area contributed by atoms with Gasteiger partial charge in [-0.3, -0.25) is 0 Å². The maximum absolute atomic E-state index is 2.48. The third kappa shape index (κ3) is 4.96. The highest BCUT2D eigenvalue weighted by Gasteiger charge is 2.25. The second-order valence-corrected chi connectivity index (χ2v) is 13.4. The minimum absolute atomic E-state index is 1.11. The SMILES string of the molecule is c1ccc(N(c2ccc3ccccc3c2)c2c3ccccc3cc3c(N(c4ccccc4)c4cccc5ccccc45)c4ccccc4cc23)cc1. The first-order chi connectivity index (χ1) is 25.8. The highest BCUT2D eigenvalue weighted by Crippen LogP contribution is 2.51. The fraction of sp³-hybridized carbons (Fsp3) is 0. The topological polar surface area (TPSA) is 6.48 Å². The monoisotopic (exact) mass is 662 g/mol. The molecule has 0 saturated carbocycles. The van der Waals surface area contributed by atoms with E-state index in [4.69, 9.17) is 0 Å². The number of fused-ring (bicyclic) bond motifs is 5. The second kappa shape index (κ2) is 12.5. The van der Waals surface area contributed by atoms with Gasteiger partial charge in [-0.15, -0.1) is 0 Å². The lowest BCUT2D eigenvalue weighted by molar-refractivity contribution is 1.31. The molecule has 0 unspecified atom stereocenters. The molecule has 0 fully saturated rings. The lowest BCUT2D eigenvalue weighted by Crippen LogP contribution is -2.14. The lowest BCUT2D eigenvalue weighted by atomic mass is 9.93. The molecule has 0 spiro atoms. The average Bonchev–Trinajstić information content (AvgIpc) is 3.21. The van der Waals surface area contributed by atoms with E-state index in [-0.39, 0.29) is 0 Å². The first kappa shape index (κ1) is 30.0. The zero-order valence-electron chi connectivity index (χ0n) is 28.5. The van der Waals surface area contributed by atoms with Gasteiger partial charge in [-0.25, -0.2) is 0 Å². The highest BCUT2D eigenvalue weighted by molar-refractivity contribution is 6.24. The van der Waals surface area contributed by atoms with Gasteiger partial charge in [-0.2, -0.15) is 0 Å². The summed E-state index contributed by atoms with van der Waals surface area (Å²) in [6.45, 7) is 0. The predicted octanol–water partition coefficient (Wildman–Crippen LogP) is 14.4. The first-order valence-electron chi connectivity index (χ1n) is 17.9. The predicted molar refractivity (Wildman–Crippen MR) is 223 cm³/mol. The molecule has 0 aliphatic carbocycles. The summed E-state index contributed by atoms with van der Waals surface area (Å²) in [5, 5.41) is 12.0. The molecule has 0 aliphatic heterocycles. The third-order valence-corrected chi connectivity index (χ3v) is 10.3. The molecule has 0 saturated heterocycles. The van der Waals surface area contributed by atoms with Crippen molar-refractivity contribution in [2.45, 2.75) is 0 Å². The standard InChI is InChI=1S/C50H34N2/c1-3-22-40(23-4-1)51(42-31-30-35-16-7-8-18-37(35)32-42)49-44-27-13-10-19-38(44)34-47-46(49)33-39-20-11-14-28-45(39)50(47)52(41-24-5-2-6-25-41)48-29-15-21-36-17-9-12-26-43(36)48/h1-34H. The van der Waals surface area contributed by atoms with Crippen LogP contribution in [-0.2, 0) is 0 Å². The Hall–Kier alpha value is -6.90. The van der Waals surface area contributed by atoms with Crippen molar-refractivity contribution in [3.8, 4) is 0 Å². The molecule has 0 amide bonds. The smallest absolute Gasteiger partial charge is 0.0619 e. The van der Waals surface area contributed by atoms with E-state index in [0.29, 0.717) is 0 Å². The van der Waals surface area contributed by atoms with E-state index >= 15 is 0 Å². The molecule has 0 N–H and O–H groups in total. The van der Waals surface area contributed by atoms with Crippen LogP contribution in [0.2, 0.25) is 0 Å². The van der Waals surface area contributed by atoms with Crippen LogP contribution in [0, 0.1) is 0 Å². The van der Waals surface area contributed by atoms with Gasteiger partial charge in [-0.05, 0) is 81.5 Å². The molecule has 0 bridgehead atoms. The molecule has 0 atom stereocenters. The van der Waals surface area contributed by atoms with Gasteiger partial charge in [0.25, 0.3) is 0 Å². The van der Waals surface area contributed by atoms with Crippen LogP contribution in [0.3, 0.4) is 0 Å². The molecule has 10 aromatic carbocycles. The van der Waals surface area contributed by atoms with Gasteiger partial charge >= 0.3 is 0 Å². The summed E-state index contributed by atoms with van der Waals surface area (Å²) in [4.78, 5) is 4.94. The number of hydrogen-bond donors (Lipinski definition) is 0. The largest absolute Gasteiger partial charge is 0.309 e. The van der Waals surface area contributed by atoms with Gasteiger partial charge in [-0.1, -0.05) is 152 Å². The van der Waals surface area contributed by atoms with Crippen molar-refractivity contribution in [2.24, 2.45) is 0 Å². The van der Waals surface area contributed by atoms with E-state index in [0.717, 1.165) is 34.1 Å². The van der Waals surface area contributed by atoms with Crippen LogP contribution >= 0.6 is 0 Å². The molecular weight excluding hydrogens is 629 g/mol. The van der Waals surface area contributed by atoms with Gasteiger partial charge < -0.3 is 9.80 Å². The van der Waals surface area contributed by atoms with Crippen molar-refractivity contribution < 1.29 is 0 Å². The van der Waals surface area contributed by atoms with Gasteiger partial charge in [0.1, 0.15) is 0 Å². The normalized spacial score (nSPS) is 11.5. The van der Waals surface area contributed by atoms with E-state index in [2.05, 4.69) is 216 Å².